The summed E-state index contributed by atoms with van der Waals surface area (Å²) in [6.45, 7) is 4.78. The number of ether oxygens (including phenoxy) is 1. The quantitative estimate of drug-likeness (QED) is 0.492. The van der Waals surface area contributed by atoms with Gasteiger partial charge in [-0.3, -0.25) is 4.79 Å². The summed E-state index contributed by atoms with van der Waals surface area (Å²) in [6.07, 6.45) is 1.37. The first-order chi connectivity index (χ1) is 14.6. The van der Waals surface area contributed by atoms with Crippen LogP contribution in [-0.4, -0.2) is 27.3 Å². The van der Waals surface area contributed by atoms with Crippen LogP contribution in [0.3, 0.4) is 0 Å². The molecule has 0 bridgehead atoms. The van der Waals surface area contributed by atoms with Crippen molar-refractivity contribution in [2.24, 2.45) is 0 Å². The highest BCUT2D eigenvalue weighted by Crippen LogP contribution is 2.41. The van der Waals surface area contributed by atoms with Crippen LogP contribution in [0.4, 0.5) is 5.82 Å². The smallest absolute Gasteiger partial charge is 0.226 e. The second-order valence-electron chi connectivity index (χ2n) is 7.45. The lowest BCUT2D eigenvalue weighted by Crippen LogP contribution is -2.24. The number of aryl methyl sites for hydroxylation is 1. The maximum atomic E-state index is 12.6. The molecule has 1 N–H and O–H groups in total. The van der Waals surface area contributed by atoms with Gasteiger partial charge in [0.05, 0.1) is 22.5 Å². The number of fused-ring (bicyclic) bond motifs is 2. The van der Waals surface area contributed by atoms with E-state index < -0.39 is 0 Å². The Morgan fingerprint density at radius 2 is 2.00 bits per heavy atom. The number of aromatic nitrogens is 3. The van der Waals surface area contributed by atoms with Crippen LogP contribution in [0, 0.1) is 6.92 Å². The highest BCUT2D eigenvalue weighted by Gasteiger charge is 2.33. The summed E-state index contributed by atoms with van der Waals surface area (Å²) in [5.74, 6) is 1.51. The normalized spacial score (nSPS) is 15.8. The van der Waals surface area contributed by atoms with Crippen LogP contribution in [0.1, 0.15) is 42.5 Å². The molecule has 4 aromatic rings. The van der Waals surface area contributed by atoms with E-state index in [-0.39, 0.29) is 11.8 Å². The van der Waals surface area contributed by atoms with Gasteiger partial charge in [-0.1, -0.05) is 42.5 Å². The third kappa shape index (κ3) is 3.25. The fourth-order valence-corrected chi connectivity index (χ4v) is 4.86. The van der Waals surface area contributed by atoms with E-state index in [2.05, 4.69) is 12.2 Å². The molecule has 0 aliphatic carbocycles. The molecule has 0 unspecified atom stereocenters. The van der Waals surface area contributed by atoms with E-state index in [9.17, 15) is 4.79 Å². The molecule has 30 heavy (non-hydrogen) atoms. The van der Waals surface area contributed by atoms with Gasteiger partial charge in [0.1, 0.15) is 11.6 Å². The lowest BCUT2D eigenvalue weighted by Gasteiger charge is -2.24. The first-order valence-corrected chi connectivity index (χ1v) is 10.9. The molecule has 1 aliphatic rings. The monoisotopic (exact) mass is 418 g/mol. The Balaban J connectivity index is 1.56. The van der Waals surface area contributed by atoms with Gasteiger partial charge < -0.3 is 10.1 Å². The first kappa shape index (κ1) is 18.8. The van der Waals surface area contributed by atoms with Gasteiger partial charge in [-0.2, -0.15) is 9.78 Å². The minimum atomic E-state index is -0.0443. The third-order valence-electron chi connectivity index (χ3n) is 5.32. The molecule has 0 spiro atoms. The van der Waals surface area contributed by atoms with Crippen LogP contribution in [0.5, 0.6) is 5.75 Å². The molecule has 3 heterocycles. The lowest BCUT2D eigenvalue weighted by atomic mass is 9.86. The Morgan fingerprint density at radius 3 is 2.77 bits per heavy atom. The number of hydrogen-bond donors (Lipinski definition) is 1. The van der Waals surface area contributed by atoms with Crippen LogP contribution >= 0.6 is 11.3 Å². The fraction of sp³-hybridized carbons (Fsp3) is 0.261. The molecule has 7 heteroatoms. The molecule has 1 amide bonds. The third-order valence-corrected chi connectivity index (χ3v) is 6.33. The van der Waals surface area contributed by atoms with E-state index in [0.29, 0.717) is 13.0 Å². The molecule has 1 aliphatic heterocycles. The van der Waals surface area contributed by atoms with Gasteiger partial charge in [-0.15, -0.1) is 0 Å². The number of carbonyl (C=O) groups is 1. The second-order valence-corrected chi connectivity index (χ2v) is 8.46. The van der Waals surface area contributed by atoms with Crippen LogP contribution in [0.25, 0.3) is 15.3 Å². The highest BCUT2D eigenvalue weighted by molar-refractivity contribution is 7.20. The summed E-state index contributed by atoms with van der Waals surface area (Å²) in [6, 6.07) is 16.1. The van der Waals surface area contributed by atoms with Crippen LogP contribution in [-0.2, 0) is 4.79 Å². The summed E-state index contributed by atoms with van der Waals surface area (Å²) in [5.41, 5.74) is 3.97. The molecule has 1 atom stereocenters. The van der Waals surface area contributed by atoms with Gasteiger partial charge in [0.2, 0.25) is 11.0 Å². The standard InChI is InChI=1S/C23H22N4O2S/c1-3-12-29-16-10-8-15(9-11-16)17-13-20(28)25-22-21(17)14(2)26-27(22)23-24-18-6-4-5-7-19(18)30-23/h4-11,17H,3,12-13H2,1-2H3,(H,25,28)/t17-/m1/s1. The Bertz CT molecular complexity index is 1190. The number of para-hydroxylation sites is 1. The Labute approximate surface area is 178 Å². The molecule has 0 radical (unpaired) electrons. The molecule has 2 aromatic heterocycles. The second kappa shape index (κ2) is 7.57. The number of rotatable bonds is 5. The SMILES string of the molecule is CCCOc1ccc([C@H]2CC(=O)Nc3c2c(C)nn3-c2nc3ccccc3s2)cc1. The maximum Gasteiger partial charge on any atom is 0.226 e. The van der Waals surface area contributed by atoms with E-state index in [0.717, 1.165) is 50.2 Å². The lowest BCUT2D eigenvalue weighted by molar-refractivity contribution is -0.116. The zero-order chi connectivity index (χ0) is 20.7. The Morgan fingerprint density at radius 1 is 1.20 bits per heavy atom. The highest BCUT2D eigenvalue weighted by atomic mass is 32.1. The van der Waals surface area contributed by atoms with Crippen molar-refractivity contribution in [3.05, 3.63) is 65.4 Å². The van der Waals surface area contributed by atoms with Crippen molar-refractivity contribution in [3.63, 3.8) is 0 Å². The Hall–Kier alpha value is -3.19. The number of amides is 1. The molecular formula is C23H22N4O2S. The minimum Gasteiger partial charge on any atom is -0.494 e. The zero-order valence-electron chi connectivity index (χ0n) is 16.9. The van der Waals surface area contributed by atoms with Gasteiger partial charge in [-0.25, -0.2) is 4.98 Å². The van der Waals surface area contributed by atoms with Crippen molar-refractivity contribution >= 4 is 33.3 Å². The van der Waals surface area contributed by atoms with Crippen molar-refractivity contribution in [3.8, 4) is 10.9 Å². The van der Waals surface area contributed by atoms with Gasteiger partial charge in [0.25, 0.3) is 0 Å². The van der Waals surface area contributed by atoms with E-state index in [1.807, 2.05) is 55.5 Å². The van der Waals surface area contributed by atoms with Crippen molar-refractivity contribution in [2.45, 2.75) is 32.6 Å². The number of thiazole rings is 1. The van der Waals surface area contributed by atoms with Crippen LogP contribution < -0.4 is 10.1 Å². The molecule has 5 rings (SSSR count). The number of benzene rings is 2. The largest absolute Gasteiger partial charge is 0.494 e. The summed E-state index contributed by atoms with van der Waals surface area (Å²) in [7, 11) is 0. The summed E-state index contributed by atoms with van der Waals surface area (Å²) < 4.78 is 8.57. The number of hydrogen-bond acceptors (Lipinski definition) is 5. The average Bonchev–Trinajstić information content (AvgIpc) is 3.33. The topological polar surface area (TPSA) is 69.0 Å². The molecular weight excluding hydrogens is 396 g/mol. The fourth-order valence-electron chi connectivity index (χ4n) is 3.94. The van der Waals surface area contributed by atoms with Crippen LogP contribution in [0.15, 0.2) is 48.5 Å². The molecule has 0 saturated carbocycles. The summed E-state index contributed by atoms with van der Waals surface area (Å²) >= 11 is 1.57. The van der Waals surface area contributed by atoms with Gasteiger partial charge in [0, 0.05) is 17.9 Å². The first-order valence-electron chi connectivity index (χ1n) is 10.1. The molecule has 0 saturated heterocycles. The van der Waals surface area contributed by atoms with E-state index >= 15 is 0 Å². The maximum absolute atomic E-state index is 12.6. The van der Waals surface area contributed by atoms with E-state index in [1.165, 1.54) is 0 Å². The van der Waals surface area contributed by atoms with E-state index in [4.69, 9.17) is 14.8 Å². The van der Waals surface area contributed by atoms with Gasteiger partial charge in [0.15, 0.2) is 0 Å². The molecule has 152 valence electrons. The summed E-state index contributed by atoms with van der Waals surface area (Å²) in [5, 5.41) is 8.54. The van der Waals surface area contributed by atoms with Crippen molar-refractivity contribution in [2.75, 3.05) is 11.9 Å². The van der Waals surface area contributed by atoms with Crippen LogP contribution in [0.2, 0.25) is 0 Å². The predicted molar refractivity (Wildman–Crippen MR) is 119 cm³/mol. The zero-order valence-corrected chi connectivity index (χ0v) is 17.7. The average molecular weight is 419 g/mol. The molecule has 0 fully saturated rings. The number of carbonyl (C=O) groups excluding carboxylic acids is 1. The molecule has 6 nitrogen and oxygen atoms in total. The minimum absolute atomic E-state index is 0.0129. The number of anilines is 1. The van der Waals surface area contributed by atoms with Gasteiger partial charge in [-0.05, 0) is 43.2 Å². The summed E-state index contributed by atoms with van der Waals surface area (Å²) in [4.78, 5) is 17.3. The van der Waals surface area contributed by atoms with Crippen molar-refractivity contribution in [1.29, 1.82) is 0 Å². The number of nitrogens with zero attached hydrogens (tertiary/aromatic N) is 3. The van der Waals surface area contributed by atoms with Crippen molar-refractivity contribution < 1.29 is 9.53 Å². The van der Waals surface area contributed by atoms with Crippen molar-refractivity contribution in [1.82, 2.24) is 14.8 Å². The molecule has 2 aromatic carbocycles. The predicted octanol–water partition coefficient (Wildman–Crippen LogP) is 5.05. The number of nitrogens with one attached hydrogen (secondary N) is 1. The van der Waals surface area contributed by atoms with E-state index in [1.54, 1.807) is 16.0 Å². The van der Waals surface area contributed by atoms with Gasteiger partial charge >= 0.3 is 0 Å². The Kier molecular flexibility index (Phi) is 4.75.